The highest BCUT2D eigenvalue weighted by molar-refractivity contribution is 6.13. The number of rotatable bonds is 6. The van der Waals surface area contributed by atoms with Crippen LogP contribution in [0.3, 0.4) is 0 Å². The van der Waals surface area contributed by atoms with E-state index in [1.54, 1.807) is 0 Å². The van der Waals surface area contributed by atoms with Gasteiger partial charge in [0, 0.05) is 18.3 Å². The van der Waals surface area contributed by atoms with E-state index >= 15 is 0 Å². The molecule has 1 N–H and O–H groups in total. The Morgan fingerprint density at radius 3 is 2.50 bits per heavy atom. The number of likely N-dealkylation sites (tertiary alicyclic amines) is 1. The van der Waals surface area contributed by atoms with Gasteiger partial charge in [0.25, 0.3) is 0 Å². The van der Waals surface area contributed by atoms with E-state index in [0.717, 1.165) is 31.6 Å². The van der Waals surface area contributed by atoms with Crippen LogP contribution in [0.4, 0.5) is 5.69 Å². The van der Waals surface area contributed by atoms with Crippen LogP contribution in [0.5, 0.6) is 5.75 Å². The van der Waals surface area contributed by atoms with Gasteiger partial charge in [0.1, 0.15) is 11.2 Å². The minimum absolute atomic E-state index is 0.0290. The van der Waals surface area contributed by atoms with Crippen LogP contribution in [0.15, 0.2) is 24.3 Å². The predicted molar refractivity (Wildman–Crippen MR) is 102 cm³/mol. The number of carbonyl (C=O) groups is 2. The first kappa shape index (κ1) is 18.7. The maximum atomic E-state index is 13.1. The summed E-state index contributed by atoms with van der Waals surface area (Å²) in [6.45, 7) is 6.86. The number of amides is 2. The third kappa shape index (κ3) is 3.87. The van der Waals surface area contributed by atoms with Crippen LogP contribution in [-0.4, -0.2) is 35.4 Å². The van der Waals surface area contributed by atoms with Crippen LogP contribution in [0.25, 0.3) is 0 Å². The second-order valence-electron chi connectivity index (χ2n) is 7.78. The Balaban J connectivity index is 1.66. The molecule has 1 aliphatic carbocycles. The molecule has 1 aromatic rings. The molecule has 5 nitrogen and oxygen atoms in total. The summed E-state index contributed by atoms with van der Waals surface area (Å²) >= 11 is 0. The third-order valence-electron chi connectivity index (χ3n) is 5.44. The molecule has 0 bridgehead atoms. The Morgan fingerprint density at radius 2 is 1.92 bits per heavy atom. The zero-order chi connectivity index (χ0) is 18.7. The van der Waals surface area contributed by atoms with Crippen molar-refractivity contribution in [1.82, 2.24) is 4.90 Å². The van der Waals surface area contributed by atoms with Crippen molar-refractivity contribution < 1.29 is 14.3 Å². The second kappa shape index (κ2) is 7.68. The van der Waals surface area contributed by atoms with Crippen LogP contribution >= 0.6 is 0 Å². The summed E-state index contributed by atoms with van der Waals surface area (Å²) < 4.78 is 5.62. The zero-order valence-corrected chi connectivity index (χ0v) is 16.1. The molecule has 0 radical (unpaired) electrons. The van der Waals surface area contributed by atoms with E-state index in [0.29, 0.717) is 18.5 Å². The molecule has 5 heteroatoms. The minimum Gasteiger partial charge on any atom is -0.491 e. The molecule has 1 heterocycles. The average molecular weight is 358 g/mol. The number of nitrogens with one attached hydrogen (secondary N) is 1. The van der Waals surface area contributed by atoms with E-state index in [-0.39, 0.29) is 24.0 Å². The van der Waals surface area contributed by atoms with Crippen molar-refractivity contribution in [3.05, 3.63) is 24.3 Å². The number of hydrogen-bond donors (Lipinski definition) is 1. The number of carbonyl (C=O) groups excluding carboxylic acids is 2. The van der Waals surface area contributed by atoms with E-state index in [1.165, 1.54) is 6.42 Å². The first-order valence-corrected chi connectivity index (χ1v) is 9.85. The topological polar surface area (TPSA) is 58.6 Å². The van der Waals surface area contributed by atoms with Gasteiger partial charge in [-0.3, -0.25) is 9.59 Å². The fourth-order valence-electron chi connectivity index (χ4n) is 3.77. The molecule has 2 fully saturated rings. The average Bonchev–Trinajstić information content (AvgIpc) is 3.44. The third-order valence-corrected chi connectivity index (χ3v) is 5.44. The first-order valence-electron chi connectivity index (χ1n) is 9.85. The largest absolute Gasteiger partial charge is 0.491 e. The number of benzene rings is 1. The highest BCUT2D eigenvalue weighted by Gasteiger charge is 2.58. The van der Waals surface area contributed by atoms with E-state index in [4.69, 9.17) is 4.74 Å². The molecule has 0 aromatic heterocycles. The molecule has 2 aliphatic rings. The maximum Gasteiger partial charge on any atom is 0.240 e. The highest BCUT2D eigenvalue weighted by Crippen LogP contribution is 2.49. The molecule has 1 saturated heterocycles. The van der Waals surface area contributed by atoms with Crippen LogP contribution in [0.2, 0.25) is 0 Å². The van der Waals surface area contributed by atoms with E-state index in [2.05, 4.69) is 12.2 Å². The van der Waals surface area contributed by atoms with Gasteiger partial charge in [-0.1, -0.05) is 6.92 Å². The highest BCUT2D eigenvalue weighted by atomic mass is 16.5. The van der Waals surface area contributed by atoms with Gasteiger partial charge >= 0.3 is 0 Å². The lowest BCUT2D eigenvalue weighted by Crippen LogP contribution is -2.49. The standard InChI is InChI=1S/C21H30N2O3/c1-4-17-7-5-6-14-23(17)20(25)21(12-13-21)19(24)22-16-8-10-18(11-9-16)26-15(2)3/h8-11,15,17H,4-7,12-14H2,1-3H3,(H,22,24). The minimum atomic E-state index is -0.849. The van der Waals surface area contributed by atoms with Crippen molar-refractivity contribution >= 4 is 17.5 Å². The predicted octanol–water partition coefficient (Wildman–Crippen LogP) is 3.98. The van der Waals surface area contributed by atoms with Crippen molar-refractivity contribution in [3.8, 4) is 5.75 Å². The molecular weight excluding hydrogens is 328 g/mol. The van der Waals surface area contributed by atoms with Crippen molar-refractivity contribution in [3.63, 3.8) is 0 Å². The summed E-state index contributed by atoms with van der Waals surface area (Å²) in [6, 6.07) is 7.62. The molecule has 142 valence electrons. The molecule has 0 spiro atoms. The smallest absolute Gasteiger partial charge is 0.240 e. The summed E-state index contributed by atoms with van der Waals surface area (Å²) in [5.41, 5.74) is -0.145. The van der Waals surface area contributed by atoms with Crippen LogP contribution < -0.4 is 10.1 Å². The number of nitrogens with zero attached hydrogens (tertiary/aromatic N) is 1. The van der Waals surface area contributed by atoms with Gasteiger partial charge in [0.2, 0.25) is 11.8 Å². The van der Waals surface area contributed by atoms with Gasteiger partial charge in [0.15, 0.2) is 0 Å². The lowest BCUT2D eigenvalue weighted by molar-refractivity contribution is -0.145. The summed E-state index contributed by atoms with van der Waals surface area (Å²) in [6.07, 6.45) is 5.64. The van der Waals surface area contributed by atoms with Gasteiger partial charge in [-0.2, -0.15) is 0 Å². The van der Waals surface area contributed by atoms with Crippen molar-refractivity contribution in [2.75, 3.05) is 11.9 Å². The summed E-state index contributed by atoms with van der Waals surface area (Å²) in [7, 11) is 0. The number of piperidine rings is 1. The Kier molecular flexibility index (Phi) is 5.54. The van der Waals surface area contributed by atoms with Gasteiger partial charge in [-0.25, -0.2) is 0 Å². The number of hydrogen-bond acceptors (Lipinski definition) is 3. The molecule has 1 atom stereocenters. The Hall–Kier alpha value is -2.04. The van der Waals surface area contributed by atoms with Crippen LogP contribution in [-0.2, 0) is 9.59 Å². The van der Waals surface area contributed by atoms with Gasteiger partial charge in [-0.05, 0) is 76.6 Å². The summed E-state index contributed by atoms with van der Waals surface area (Å²) in [5.74, 6) is 0.635. The Bertz CT molecular complexity index is 650. The number of anilines is 1. The lowest BCUT2D eigenvalue weighted by Gasteiger charge is -2.37. The molecule has 1 aliphatic heterocycles. The molecule has 2 amide bonds. The molecule has 3 rings (SSSR count). The SMILES string of the molecule is CCC1CCCCN1C(=O)C1(C(=O)Nc2ccc(OC(C)C)cc2)CC1. The van der Waals surface area contributed by atoms with Crippen LogP contribution in [0, 0.1) is 5.41 Å². The normalized spacial score (nSPS) is 21.4. The summed E-state index contributed by atoms with van der Waals surface area (Å²) in [5, 5.41) is 2.94. The molecular formula is C21H30N2O3. The van der Waals surface area contributed by atoms with E-state index in [9.17, 15) is 9.59 Å². The van der Waals surface area contributed by atoms with Gasteiger partial charge < -0.3 is 15.0 Å². The first-order chi connectivity index (χ1) is 12.5. The fraction of sp³-hybridized carbons (Fsp3) is 0.619. The molecule has 1 aromatic carbocycles. The van der Waals surface area contributed by atoms with Crippen molar-refractivity contribution in [2.24, 2.45) is 5.41 Å². The molecule has 1 saturated carbocycles. The number of ether oxygens (including phenoxy) is 1. The van der Waals surface area contributed by atoms with E-state index in [1.807, 2.05) is 43.0 Å². The quantitative estimate of drug-likeness (QED) is 0.783. The van der Waals surface area contributed by atoms with Gasteiger partial charge in [-0.15, -0.1) is 0 Å². The second-order valence-corrected chi connectivity index (χ2v) is 7.78. The van der Waals surface area contributed by atoms with Crippen LogP contribution in [0.1, 0.15) is 59.3 Å². The molecule has 26 heavy (non-hydrogen) atoms. The monoisotopic (exact) mass is 358 g/mol. The fourth-order valence-corrected chi connectivity index (χ4v) is 3.77. The Morgan fingerprint density at radius 1 is 1.23 bits per heavy atom. The summed E-state index contributed by atoms with van der Waals surface area (Å²) in [4.78, 5) is 27.9. The van der Waals surface area contributed by atoms with Crippen molar-refractivity contribution in [2.45, 2.75) is 71.4 Å². The molecule has 1 unspecified atom stereocenters. The zero-order valence-electron chi connectivity index (χ0n) is 16.1. The van der Waals surface area contributed by atoms with Gasteiger partial charge in [0.05, 0.1) is 6.10 Å². The van der Waals surface area contributed by atoms with E-state index < -0.39 is 5.41 Å². The van der Waals surface area contributed by atoms with Crippen molar-refractivity contribution in [1.29, 1.82) is 0 Å². The maximum absolute atomic E-state index is 13.1. The Labute approximate surface area is 156 Å². The lowest BCUT2D eigenvalue weighted by atomic mass is 9.95.